The van der Waals surface area contributed by atoms with Gasteiger partial charge in [0.15, 0.2) is 0 Å². The molecule has 0 aromatic heterocycles. The van der Waals surface area contributed by atoms with Gasteiger partial charge in [0, 0.05) is 5.56 Å². The summed E-state index contributed by atoms with van der Waals surface area (Å²) in [6.07, 6.45) is 6.03. The molecule has 60 valence electrons. The molecule has 0 saturated carbocycles. The lowest BCUT2D eigenvalue weighted by atomic mass is 10.0. The maximum Gasteiger partial charge on any atom is 0.0981 e. The first-order valence-electron chi connectivity index (χ1n) is 3.65. The minimum Gasteiger partial charge on any atom is -0.384 e. The number of rotatable bonds is 2. The Morgan fingerprint density at radius 1 is 1.50 bits per heavy atom. The second-order valence-electron chi connectivity index (χ2n) is 2.41. The molecule has 1 nitrogen and oxygen atoms in total. The van der Waals surface area contributed by atoms with Crippen LogP contribution in [0.4, 0.5) is 0 Å². The molecule has 0 amide bonds. The van der Waals surface area contributed by atoms with Crippen LogP contribution in [0.3, 0.4) is 0 Å². The van der Waals surface area contributed by atoms with Gasteiger partial charge in [0.05, 0.1) is 6.10 Å². The molecule has 0 aliphatic heterocycles. The smallest absolute Gasteiger partial charge is 0.0981 e. The molecule has 1 N–H and O–H groups in total. The fourth-order valence-corrected chi connectivity index (χ4v) is 1.01. The minimum absolute atomic E-state index is 0.669. The quantitative estimate of drug-likeness (QED) is 0.514. The van der Waals surface area contributed by atoms with Crippen LogP contribution in [0.25, 0.3) is 0 Å². The molecule has 0 saturated heterocycles. The zero-order valence-corrected chi connectivity index (χ0v) is 6.70. The van der Waals surface area contributed by atoms with Gasteiger partial charge in [-0.3, -0.25) is 0 Å². The fourth-order valence-electron chi connectivity index (χ4n) is 1.01. The molecule has 0 heterocycles. The summed E-state index contributed by atoms with van der Waals surface area (Å²) in [5.41, 5.74) is 1.44. The van der Waals surface area contributed by atoms with E-state index in [1.165, 1.54) is 6.08 Å². The molecule has 1 heteroatoms. The first-order valence-corrected chi connectivity index (χ1v) is 3.65. The number of hydrogen-bond donors (Lipinski definition) is 1. The van der Waals surface area contributed by atoms with Crippen molar-refractivity contribution in [2.75, 3.05) is 0 Å². The average molecular weight is 158 g/mol. The molecule has 12 heavy (non-hydrogen) atoms. The van der Waals surface area contributed by atoms with E-state index in [1.807, 2.05) is 12.1 Å². The third kappa shape index (κ3) is 1.55. The summed E-state index contributed by atoms with van der Waals surface area (Å²) >= 11 is 0. The molecule has 0 radical (unpaired) electrons. The van der Waals surface area contributed by atoms with Gasteiger partial charge < -0.3 is 5.11 Å². The van der Waals surface area contributed by atoms with E-state index in [0.717, 1.165) is 5.56 Å². The largest absolute Gasteiger partial charge is 0.384 e. The van der Waals surface area contributed by atoms with Gasteiger partial charge in [0.25, 0.3) is 0 Å². The van der Waals surface area contributed by atoms with Gasteiger partial charge in [0.1, 0.15) is 0 Å². The highest BCUT2D eigenvalue weighted by Crippen LogP contribution is 2.17. The van der Waals surface area contributed by atoms with Gasteiger partial charge >= 0.3 is 0 Å². The van der Waals surface area contributed by atoms with Gasteiger partial charge in [-0.2, -0.15) is 0 Å². The van der Waals surface area contributed by atoms with Gasteiger partial charge in [-0.25, -0.2) is 0 Å². The Labute approximate surface area is 72.4 Å². The van der Waals surface area contributed by atoms with Crippen LogP contribution in [0.15, 0.2) is 36.9 Å². The number of terminal acetylenes is 1. The van der Waals surface area contributed by atoms with E-state index in [9.17, 15) is 5.11 Å². The van der Waals surface area contributed by atoms with Gasteiger partial charge in [-0.15, -0.1) is 13.0 Å². The number of hydrogen-bond acceptors (Lipinski definition) is 1. The molecule has 1 aromatic rings. The predicted octanol–water partition coefficient (Wildman–Crippen LogP) is 1.89. The van der Waals surface area contributed by atoms with Crippen molar-refractivity contribution in [2.24, 2.45) is 0 Å². The Hall–Kier alpha value is -1.52. The number of aliphatic hydroxyl groups is 1. The Bertz CT molecular complexity index is 320. The second kappa shape index (κ2) is 3.75. The van der Waals surface area contributed by atoms with Crippen LogP contribution in [0.5, 0.6) is 0 Å². The fraction of sp³-hybridized carbons (Fsp3) is 0.0909. The zero-order valence-electron chi connectivity index (χ0n) is 6.70. The van der Waals surface area contributed by atoms with Crippen molar-refractivity contribution in [1.82, 2.24) is 0 Å². The van der Waals surface area contributed by atoms with Crippen LogP contribution in [-0.2, 0) is 0 Å². The lowest BCUT2D eigenvalue weighted by Crippen LogP contribution is -1.95. The van der Waals surface area contributed by atoms with E-state index >= 15 is 0 Å². The molecule has 1 unspecified atom stereocenters. The first-order chi connectivity index (χ1) is 5.79. The highest BCUT2D eigenvalue weighted by molar-refractivity contribution is 5.41. The average Bonchev–Trinajstić information content (AvgIpc) is 2.16. The van der Waals surface area contributed by atoms with Crippen molar-refractivity contribution >= 4 is 0 Å². The molecule has 0 fully saturated rings. The van der Waals surface area contributed by atoms with Gasteiger partial charge in [-0.05, 0) is 11.6 Å². The molecular weight excluding hydrogens is 148 g/mol. The Morgan fingerprint density at radius 2 is 2.17 bits per heavy atom. The standard InChI is InChI=1S/C11H10O/c1-3-9-7-5-6-8-10(9)11(12)4-2/h1,4-8,11-12H,2H2. The summed E-state index contributed by atoms with van der Waals surface area (Å²) in [5, 5.41) is 9.43. The first kappa shape index (κ1) is 8.58. The van der Waals surface area contributed by atoms with E-state index in [1.54, 1.807) is 12.1 Å². The molecular formula is C11H10O. The molecule has 0 aliphatic rings. The Morgan fingerprint density at radius 3 is 2.75 bits per heavy atom. The van der Waals surface area contributed by atoms with E-state index < -0.39 is 6.10 Å². The molecule has 1 aromatic carbocycles. The Kier molecular flexibility index (Phi) is 2.68. The van der Waals surface area contributed by atoms with Crippen LogP contribution < -0.4 is 0 Å². The SMILES string of the molecule is C#Cc1ccccc1C(O)C=C. The summed E-state index contributed by atoms with van der Waals surface area (Å²) in [6.45, 7) is 3.49. The normalized spacial score (nSPS) is 11.7. The van der Waals surface area contributed by atoms with Crippen molar-refractivity contribution in [3.05, 3.63) is 48.0 Å². The van der Waals surface area contributed by atoms with Crippen LogP contribution in [-0.4, -0.2) is 5.11 Å². The third-order valence-electron chi connectivity index (χ3n) is 1.66. The third-order valence-corrected chi connectivity index (χ3v) is 1.66. The minimum atomic E-state index is -0.669. The van der Waals surface area contributed by atoms with E-state index in [0.29, 0.717) is 5.56 Å². The highest BCUT2D eigenvalue weighted by Gasteiger charge is 2.05. The number of benzene rings is 1. The summed E-state index contributed by atoms with van der Waals surface area (Å²) in [7, 11) is 0. The van der Waals surface area contributed by atoms with E-state index in [4.69, 9.17) is 6.42 Å². The predicted molar refractivity (Wildman–Crippen MR) is 49.5 cm³/mol. The van der Waals surface area contributed by atoms with Crippen LogP contribution >= 0.6 is 0 Å². The monoisotopic (exact) mass is 158 g/mol. The summed E-state index contributed by atoms with van der Waals surface area (Å²) in [6, 6.07) is 7.26. The highest BCUT2D eigenvalue weighted by atomic mass is 16.3. The van der Waals surface area contributed by atoms with Gasteiger partial charge in [-0.1, -0.05) is 30.2 Å². The molecule has 1 rings (SSSR count). The van der Waals surface area contributed by atoms with Crippen LogP contribution in [0.2, 0.25) is 0 Å². The summed E-state index contributed by atoms with van der Waals surface area (Å²) in [5.74, 6) is 2.50. The topological polar surface area (TPSA) is 20.2 Å². The lowest BCUT2D eigenvalue weighted by molar-refractivity contribution is 0.229. The van der Waals surface area contributed by atoms with Crippen LogP contribution in [0, 0.1) is 12.3 Å². The molecule has 0 aliphatic carbocycles. The van der Waals surface area contributed by atoms with Crippen LogP contribution in [0.1, 0.15) is 17.2 Å². The van der Waals surface area contributed by atoms with Crippen molar-refractivity contribution < 1.29 is 5.11 Å². The summed E-state index contributed by atoms with van der Waals surface area (Å²) in [4.78, 5) is 0. The number of aliphatic hydroxyl groups excluding tert-OH is 1. The zero-order chi connectivity index (χ0) is 8.97. The second-order valence-corrected chi connectivity index (χ2v) is 2.41. The van der Waals surface area contributed by atoms with E-state index in [-0.39, 0.29) is 0 Å². The molecule has 0 bridgehead atoms. The summed E-state index contributed by atoms with van der Waals surface area (Å²) < 4.78 is 0. The molecule has 0 spiro atoms. The maximum atomic E-state index is 9.43. The van der Waals surface area contributed by atoms with Crippen molar-refractivity contribution in [1.29, 1.82) is 0 Å². The Balaban J connectivity index is 3.15. The molecule has 1 atom stereocenters. The van der Waals surface area contributed by atoms with Gasteiger partial charge in [0.2, 0.25) is 0 Å². The van der Waals surface area contributed by atoms with Crippen molar-refractivity contribution in [3.8, 4) is 12.3 Å². The maximum absolute atomic E-state index is 9.43. The van der Waals surface area contributed by atoms with Crippen molar-refractivity contribution in [3.63, 3.8) is 0 Å². The lowest BCUT2D eigenvalue weighted by Gasteiger charge is -2.07. The van der Waals surface area contributed by atoms with Crippen molar-refractivity contribution in [2.45, 2.75) is 6.10 Å². The van der Waals surface area contributed by atoms with E-state index in [2.05, 4.69) is 12.5 Å².